The van der Waals surface area contributed by atoms with Gasteiger partial charge in [-0.2, -0.15) is 9.97 Å². The fraction of sp³-hybridized carbons (Fsp3) is 0.538. The van der Waals surface area contributed by atoms with Crippen molar-refractivity contribution in [1.82, 2.24) is 29.7 Å². The minimum Gasteiger partial charge on any atom is -0.378 e. The second kappa shape index (κ2) is 11.6. The summed E-state index contributed by atoms with van der Waals surface area (Å²) < 4.78 is 35.1. The summed E-state index contributed by atoms with van der Waals surface area (Å²) >= 11 is 0. The number of alkyl halides is 2. The van der Waals surface area contributed by atoms with Crippen molar-refractivity contribution < 1.29 is 18.3 Å². The van der Waals surface area contributed by atoms with Crippen LogP contribution in [0.2, 0.25) is 0 Å². The third-order valence-corrected chi connectivity index (χ3v) is 6.91. The number of nitrogens with zero attached hydrogens (tertiary/aromatic N) is 6. The number of morpholine rings is 1. The summed E-state index contributed by atoms with van der Waals surface area (Å²) in [6.45, 7) is 2.71. The van der Waals surface area contributed by atoms with E-state index in [4.69, 9.17) is 14.7 Å². The molecule has 2 aromatic heterocycles. The topological polar surface area (TPSA) is 100 Å². The Hall–Kier alpha value is -3.38. The van der Waals surface area contributed by atoms with Crippen LogP contribution in [0.1, 0.15) is 37.9 Å². The number of halogens is 2. The predicted octanol–water partition coefficient (Wildman–Crippen LogP) is 2.99. The van der Waals surface area contributed by atoms with E-state index in [2.05, 4.69) is 15.6 Å². The molecule has 1 saturated heterocycles. The Morgan fingerprint density at radius 3 is 2.50 bits per heavy atom. The number of likely N-dealkylation sites (N-methyl/N-ethyl adjacent to an activating group) is 1. The molecule has 10 nitrogen and oxygen atoms in total. The Bertz CT molecular complexity index is 1250. The smallest absolute Gasteiger partial charge is 0.296 e. The Labute approximate surface area is 220 Å². The van der Waals surface area contributed by atoms with Gasteiger partial charge in [-0.15, -0.1) is 0 Å². The molecule has 0 spiro atoms. The number of para-hydroxylation sites is 2. The van der Waals surface area contributed by atoms with E-state index in [9.17, 15) is 13.6 Å². The number of amides is 1. The van der Waals surface area contributed by atoms with Crippen LogP contribution in [0, 0.1) is 0 Å². The van der Waals surface area contributed by atoms with Crippen LogP contribution in [0.15, 0.2) is 30.3 Å². The number of nitrogens with one attached hydrogen (secondary N) is 2. The number of ether oxygens (including phenoxy) is 1. The SMILES string of the molecule is CN(C)CC(=O)NC1CCC(Nc2cc(-n3c(C(F)F)nc4ccccc43)nc(N3CCOCC3)n2)CC1. The van der Waals surface area contributed by atoms with Gasteiger partial charge in [-0.1, -0.05) is 12.1 Å². The molecule has 2 N–H and O–H groups in total. The van der Waals surface area contributed by atoms with E-state index in [0.29, 0.717) is 61.5 Å². The van der Waals surface area contributed by atoms with Gasteiger partial charge >= 0.3 is 0 Å². The third-order valence-electron chi connectivity index (χ3n) is 6.91. The molecule has 1 aliphatic heterocycles. The molecule has 2 aliphatic rings. The number of anilines is 2. The average molecular weight is 529 g/mol. The zero-order chi connectivity index (χ0) is 26.6. The van der Waals surface area contributed by atoms with Crippen LogP contribution in [0.25, 0.3) is 16.9 Å². The largest absolute Gasteiger partial charge is 0.378 e. The van der Waals surface area contributed by atoms with Crippen molar-refractivity contribution in [1.29, 1.82) is 0 Å². The molecular weight excluding hydrogens is 494 g/mol. The van der Waals surface area contributed by atoms with Crippen LogP contribution in [0.4, 0.5) is 20.5 Å². The summed E-state index contributed by atoms with van der Waals surface area (Å²) in [5.74, 6) is 1.07. The van der Waals surface area contributed by atoms with Crippen LogP contribution in [-0.4, -0.2) is 89.4 Å². The highest BCUT2D eigenvalue weighted by atomic mass is 19.3. The molecule has 0 unspecified atom stereocenters. The maximum absolute atomic E-state index is 14.1. The molecule has 3 aromatic rings. The van der Waals surface area contributed by atoms with E-state index >= 15 is 0 Å². The number of imidazole rings is 1. The summed E-state index contributed by atoms with van der Waals surface area (Å²) in [5.41, 5.74) is 1.05. The maximum atomic E-state index is 14.1. The normalized spacial score (nSPS) is 20.3. The second-order valence-corrected chi connectivity index (χ2v) is 10.1. The van der Waals surface area contributed by atoms with Gasteiger partial charge in [0.05, 0.1) is 30.8 Å². The number of carbonyl (C=O) groups is 1. The van der Waals surface area contributed by atoms with E-state index in [0.717, 1.165) is 25.7 Å². The maximum Gasteiger partial charge on any atom is 0.296 e. The summed E-state index contributed by atoms with van der Waals surface area (Å²) in [7, 11) is 3.75. The van der Waals surface area contributed by atoms with Crippen LogP contribution in [0.5, 0.6) is 0 Å². The average Bonchev–Trinajstić information content (AvgIpc) is 3.30. The van der Waals surface area contributed by atoms with E-state index in [1.807, 2.05) is 23.9 Å². The molecule has 12 heteroatoms. The quantitative estimate of drug-likeness (QED) is 0.460. The Morgan fingerprint density at radius 1 is 1.08 bits per heavy atom. The number of fused-ring (bicyclic) bond motifs is 1. The molecule has 0 atom stereocenters. The summed E-state index contributed by atoms with van der Waals surface area (Å²) in [6.07, 6.45) is 0.656. The van der Waals surface area contributed by atoms with Gasteiger partial charge in [-0.05, 0) is 51.9 Å². The Balaban J connectivity index is 1.40. The van der Waals surface area contributed by atoms with Crippen molar-refractivity contribution in [3.8, 4) is 5.82 Å². The van der Waals surface area contributed by atoms with Gasteiger partial charge in [0, 0.05) is 31.2 Å². The van der Waals surface area contributed by atoms with Crippen molar-refractivity contribution in [2.45, 2.75) is 44.2 Å². The highest BCUT2D eigenvalue weighted by Crippen LogP contribution is 2.30. The summed E-state index contributed by atoms with van der Waals surface area (Å²) in [6, 6.07) is 9.08. The van der Waals surface area contributed by atoms with Crippen molar-refractivity contribution in [2.24, 2.45) is 0 Å². The number of aromatic nitrogens is 4. The molecule has 0 bridgehead atoms. The standard InChI is InChI=1S/C26H34F2N8O2/c1-34(2)16-23(37)30-18-9-7-17(8-10-18)29-21-15-22(33-26(32-21)35-11-13-38-14-12-35)36-20-6-4-3-5-19(20)31-25(36)24(27)28/h3-6,15,17-18,24H,7-14,16H2,1-2H3,(H,30,37)(H,29,32,33). The molecule has 1 aromatic carbocycles. The van der Waals surface area contributed by atoms with Gasteiger partial charge in [0.1, 0.15) is 11.6 Å². The van der Waals surface area contributed by atoms with E-state index in [1.54, 1.807) is 30.3 Å². The lowest BCUT2D eigenvalue weighted by molar-refractivity contribution is -0.122. The molecule has 2 fully saturated rings. The number of carbonyl (C=O) groups excluding carboxylic acids is 1. The number of hydrogen-bond acceptors (Lipinski definition) is 8. The molecule has 1 aliphatic carbocycles. The van der Waals surface area contributed by atoms with Crippen LogP contribution >= 0.6 is 0 Å². The monoisotopic (exact) mass is 528 g/mol. The predicted molar refractivity (Wildman–Crippen MR) is 141 cm³/mol. The Kier molecular flexibility index (Phi) is 7.98. The van der Waals surface area contributed by atoms with Gasteiger partial charge in [0.15, 0.2) is 5.82 Å². The van der Waals surface area contributed by atoms with Crippen molar-refractivity contribution in [2.75, 3.05) is 57.2 Å². The number of hydrogen-bond donors (Lipinski definition) is 2. The van der Waals surface area contributed by atoms with E-state index < -0.39 is 6.43 Å². The van der Waals surface area contributed by atoms with Crippen LogP contribution in [-0.2, 0) is 9.53 Å². The van der Waals surface area contributed by atoms with E-state index in [-0.39, 0.29) is 23.8 Å². The fourth-order valence-corrected chi connectivity index (χ4v) is 5.10. The van der Waals surface area contributed by atoms with Gasteiger partial charge in [-0.3, -0.25) is 9.36 Å². The van der Waals surface area contributed by atoms with Gasteiger partial charge in [-0.25, -0.2) is 13.8 Å². The van der Waals surface area contributed by atoms with Crippen LogP contribution in [0.3, 0.4) is 0 Å². The molecule has 38 heavy (non-hydrogen) atoms. The molecule has 204 valence electrons. The van der Waals surface area contributed by atoms with Crippen molar-refractivity contribution in [3.05, 3.63) is 36.2 Å². The lowest BCUT2D eigenvalue weighted by Gasteiger charge is -2.31. The summed E-state index contributed by atoms with van der Waals surface area (Å²) in [5, 5.41) is 6.63. The van der Waals surface area contributed by atoms with Crippen LogP contribution < -0.4 is 15.5 Å². The minimum absolute atomic E-state index is 0.0318. The Morgan fingerprint density at radius 2 is 1.79 bits per heavy atom. The molecule has 5 rings (SSSR count). The zero-order valence-corrected chi connectivity index (χ0v) is 21.7. The van der Waals surface area contributed by atoms with Gasteiger partial charge in [0.25, 0.3) is 6.43 Å². The lowest BCUT2D eigenvalue weighted by atomic mass is 9.91. The molecule has 0 radical (unpaired) electrons. The first kappa shape index (κ1) is 26.2. The van der Waals surface area contributed by atoms with E-state index in [1.165, 1.54) is 4.57 Å². The van der Waals surface area contributed by atoms with Gasteiger partial charge < -0.3 is 25.2 Å². The van der Waals surface area contributed by atoms with Gasteiger partial charge in [0.2, 0.25) is 11.9 Å². The molecule has 1 saturated carbocycles. The second-order valence-electron chi connectivity index (χ2n) is 10.1. The number of benzene rings is 1. The summed E-state index contributed by atoms with van der Waals surface area (Å²) in [4.78, 5) is 29.7. The molecule has 3 heterocycles. The zero-order valence-electron chi connectivity index (χ0n) is 21.7. The minimum atomic E-state index is -2.77. The fourth-order valence-electron chi connectivity index (χ4n) is 5.10. The third kappa shape index (κ3) is 6.02. The molecular formula is C26H34F2N8O2. The van der Waals surface area contributed by atoms with Crippen molar-refractivity contribution >= 4 is 28.7 Å². The highest BCUT2D eigenvalue weighted by Gasteiger charge is 2.26. The van der Waals surface area contributed by atoms with Crippen molar-refractivity contribution in [3.63, 3.8) is 0 Å². The lowest BCUT2D eigenvalue weighted by Crippen LogP contribution is -2.43. The number of rotatable bonds is 8. The molecule has 1 amide bonds. The first-order valence-electron chi connectivity index (χ1n) is 13.1. The highest BCUT2D eigenvalue weighted by molar-refractivity contribution is 5.79. The first-order chi connectivity index (χ1) is 18.4. The first-order valence-corrected chi connectivity index (χ1v) is 13.1.